The average Bonchev–Trinajstić information content (AvgIpc) is 2.17. The zero-order chi connectivity index (χ0) is 7.72. The van der Waals surface area contributed by atoms with Gasteiger partial charge in [-0.25, -0.2) is 0 Å². The summed E-state index contributed by atoms with van der Waals surface area (Å²) in [6.07, 6.45) is -1.21. The second-order valence-corrected chi connectivity index (χ2v) is 2.82. The monoisotopic (exact) mass is 147 g/mol. The van der Waals surface area contributed by atoms with Gasteiger partial charge in [0.1, 0.15) is 0 Å². The zero-order valence-electron chi connectivity index (χ0n) is 5.64. The molecule has 0 aromatic rings. The Hall–Kier alpha value is -0.160. The Morgan fingerprint density at radius 1 is 1.30 bits per heavy atom. The van der Waals surface area contributed by atoms with E-state index in [1.807, 2.05) is 0 Å². The minimum absolute atomic E-state index is 0.105. The summed E-state index contributed by atoms with van der Waals surface area (Å²) in [5, 5.41) is 26.9. The van der Waals surface area contributed by atoms with Crippen molar-refractivity contribution in [3.63, 3.8) is 0 Å². The van der Waals surface area contributed by atoms with Gasteiger partial charge in [0.25, 0.3) is 0 Å². The fourth-order valence-corrected chi connectivity index (χ4v) is 1.34. The van der Waals surface area contributed by atoms with E-state index in [9.17, 15) is 0 Å². The summed E-state index contributed by atoms with van der Waals surface area (Å²) >= 11 is 0. The third-order valence-corrected chi connectivity index (χ3v) is 2.08. The van der Waals surface area contributed by atoms with Gasteiger partial charge in [-0.05, 0) is 6.42 Å². The maximum Gasteiger partial charge on any atom is 0.0953 e. The molecular formula is C6H13NO3. The predicted octanol–water partition coefficient (Wildman–Crippen LogP) is -1.95. The largest absolute Gasteiger partial charge is 0.396 e. The third kappa shape index (κ3) is 1.15. The van der Waals surface area contributed by atoms with Crippen LogP contribution in [0.4, 0.5) is 0 Å². The van der Waals surface area contributed by atoms with Gasteiger partial charge in [0.2, 0.25) is 0 Å². The first-order chi connectivity index (χ1) is 4.66. The Labute approximate surface area is 59.3 Å². The van der Waals surface area contributed by atoms with Crippen molar-refractivity contribution in [2.24, 2.45) is 11.7 Å². The van der Waals surface area contributed by atoms with E-state index in [2.05, 4.69) is 0 Å². The lowest BCUT2D eigenvalue weighted by Crippen LogP contribution is -2.35. The van der Waals surface area contributed by atoms with Gasteiger partial charge in [-0.1, -0.05) is 0 Å². The molecule has 0 saturated heterocycles. The van der Waals surface area contributed by atoms with Crippen molar-refractivity contribution >= 4 is 0 Å². The van der Waals surface area contributed by atoms with Gasteiger partial charge in [-0.3, -0.25) is 0 Å². The molecule has 1 aliphatic rings. The first-order valence-electron chi connectivity index (χ1n) is 3.39. The van der Waals surface area contributed by atoms with Gasteiger partial charge >= 0.3 is 0 Å². The molecule has 1 aliphatic carbocycles. The van der Waals surface area contributed by atoms with Crippen molar-refractivity contribution < 1.29 is 15.3 Å². The van der Waals surface area contributed by atoms with Crippen LogP contribution in [0, 0.1) is 5.92 Å². The van der Waals surface area contributed by atoms with Crippen LogP contribution in [-0.2, 0) is 0 Å². The molecule has 5 N–H and O–H groups in total. The molecule has 0 bridgehead atoms. The lowest BCUT2D eigenvalue weighted by Gasteiger charge is -2.13. The number of aliphatic hydroxyl groups is 3. The van der Waals surface area contributed by atoms with Crippen LogP contribution in [-0.4, -0.2) is 40.2 Å². The Morgan fingerprint density at radius 2 is 1.90 bits per heavy atom. The van der Waals surface area contributed by atoms with Crippen LogP contribution in [0.1, 0.15) is 6.42 Å². The summed E-state index contributed by atoms with van der Waals surface area (Å²) < 4.78 is 0. The highest BCUT2D eigenvalue weighted by atomic mass is 16.3. The number of aliphatic hydroxyl groups excluding tert-OH is 3. The van der Waals surface area contributed by atoms with Gasteiger partial charge in [0.05, 0.1) is 12.2 Å². The highest BCUT2D eigenvalue weighted by Gasteiger charge is 2.38. The van der Waals surface area contributed by atoms with Crippen molar-refractivity contribution in [1.29, 1.82) is 0 Å². The number of hydrogen-bond donors (Lipinski definition) is 4. The van der Waals surface area contributed by atoms with Crippen LogP contribution in [0.2, 0.25) is 0 Å². The van der Waals surface area contributed by atoms with Crippen molar-refractivity contribution in [1.82, 2.24) is 0 Å². The normalized spacial score (nSPS) is 48.0. The predicted molar refractivity (Wildman–Crippen MR) is 35.2 cm³/mol. The molecule has 60 valence electrons. The van der Waals surface area contributed by atoms with E-state index in [0.717, 1.165) is 0 Å². The van der Waals surface area contributed by atoms with Crippen molar-refractivity contribution in [3.05, 3.63) is 0 Å². The van der Waals surface area contributed by atoms with Gasteiger partial charge in [0.15, 0.2) is 0 Å². The lowest BCUT2D eigenvalue weighted by molar-refractivity contribution is 0.00300. The Kier molecular flexibility index (Phi) is 2.25. The van der Waals surface area contributed by atoms with Crippen molar-refractivity contribution in [3.8, 4) is 0 Å². The van der Waals surface area contributed by atoms with Crippen LogP contribution in [0.3, 0.4) is 0 Å². The maximum atomic E-state index is 9.14. The highest BCUT2D eigenvalue weighted by Crippen LogP contribution is 2.24. The van der Waals surface area contributed by atoms with Crippen molar-refractivity contribution in [2.45, 2.75) is 24.7 Å². The van der Waals surface area contributed by atoms with E-state index in [1.165, 1.54) is 0 Å². The Balaban J connectivity index is 2.53. The molecule has 0 aromatic heterocycles. The first-order valence-corrected chi connectivity index (χ1v) is 3.39. The fourth-order valence-electron chi connectivity index (χ4n) is 1.34. The molecule has 0 aromatic carbocycles. The van der Waals surface area contributed by atoms with E-state index in [0.29, 0.717) is 6.42 Å². The van der Waals surface area contributed by atoms with Crippen LogP contribution < -0.4 is 5.73 Å². The second-order valence-electron chi connectivity index (χ2n) is 2.82. The van der Waals surface area contributed by atoms with E-state index in [4.69, 9.17) is 21.1 Å². The average molecular weight is 147 g/mol. The molecule has 1 fully saturated rings. The number of hydrogen-bond acceptors (Lipinski definition) is 4. The van der Waals surface area contributed by atoms with Gasteiger partial charge < -0.3 is 21.1 Å². The Bertz CT molecular complexity index is 120. The minimum Gasteiger partial charge on any atom is -0.396 e. The summed E-state index contributed by atoms with van der Waals surface area (Å²) in [5.74, 6) is -0.245. The fraction of sp³-hybridized carbons (Fsp3) is 1.00. The minimum atomic E-state index is -0.864. The summed E-state index contributed by atoms with van der Waals surface area (Å²) in [4.78, 5) is 0. The Morgan fingerprint density at radius 3 is 2.10 bits per heavy atom. The summed E-state index contributed by atoms with van der Waals surface area (Å²) in [5.41, 5.74) is 5.41. The molecule has 0 aliphatic heterocycles. The van der Waals surface area contributed by atoms with E-state index >= 15 is 0 Å². The molecule has 1 unspecified atom stereocenters. The summed E-state index contributed by atoms with van der Waals surface area (Å²) in [6, 6.07) is -0.382. The smallest absolute Gasteiger partial charge is 0.0953 e. The van der Waals surface area contributed by atoms with Crippen LogP contribution >= 0.6 is 0 Å². The van der Waals surface area contributed by atoms with E-state index < -0.39 is 12.2 Å². The molecule has 0 radical (unpaired) electrons. The maximum absolute atomic E-state index is 9.14. The van der Waals surface area contributed by atoms with Gasteiger partial charge in [-0.15, -0.1) is 0 Å². The van der Waals surface area contributed by atoms with Crippen LogP contribution in [0.15, 0.2) is 0 Å². The molecule has 4 nitrogen and oxygen atoms in total. The molecule has 1 rings (SSSR count). The molecule has 0 amide bonds. The van der Waals surface area contributed by atoms with E-state index in [1.54, 1.807) is 0 Å². The van der Waals surface area contributed by atoms with Crippen LogP contribution in [0.25, 0.3) is 0 Å². The van der Waals surface area contributed by atoms with Crippen molar-refractivity contribution in [2.75, 3.05) is 6.61 Å². The first kappa shape index (κ1) is 7.94. The standard InChI is InChI=1S/C6H13NO3/c7-4-1-3(2-8)5(9)6(4)10/h3-6,8-10H,1-2,7H2/t3-,4-,5?,6+/m1/s1. The van der Waals surface area contributed by atoms with E-state index in [-0.39, 0.29) is 18.6 Å². The topological polar surface area (TPSA) is 86.7 Å². The molecular weight excluding hydrogens is 134 g/mol. The molecule has 0 heterocycles. The quantitative estimate of drug-likeness (QED) is 0.347. The number of nitrogens with two attached hydrogens (primary N) is 1. The van der Waals surface area contributed by atoms with Gasteiger partial charge in [-0.2, -0.15) is 0 Å². The number of rotatable bonds is 1. The third-order valence-electron chi connectivity index (χ3n) is 2.08. The molecule has 10 heavy (non-hydrogen) atoms. The molecule has 4 heteroatoms. The SMILES string of the molecule is N[C@@H]1C[C@H](CO)C(O)[C@H]1O. The molecule has 4 atom stereocenters. The zero-order valence-corrected chi connectivity index (χ0v) is 5.64. The summed E-state index contributed by atoms with van der Waals surface area (Å²) in [7, 11) is 0. The lowest BCUT2D eigenvalue weighted by atomic mass is 10.1. The summed E-state index contributed by atoms with van der Waals surface area (Å²) in [6.45, 7) is -0.105. The molecule has 1 saturated carbocycles. The molecule has 0 spiro atoms. The van der Waals surface area contributed by atoms with Gasteiger partial charge in [0, 0.05) is 18.6 Å². The highest BCUT2D eigenvalue weighted by molar-refractivity contribution is 4.92. The second kappa shape index (κ2) is 2.84. The van der Waals surface area contributed by atoms with Crippen LogP contribution in [0.5, 0.6) is 0 Å².